The summed E-state index contributed by atoms with van der Waals surface area (Å²) in [4.78, 5) is 12.1. The molecule has 1 amide bonds. The quantitative estimate of drug-likeness (QED) is 0.912. The number of rotatable bonds is 4. The molecular weight excluding hydrogens is 262 g/mol. The lowest BCUT2D eigenvalue weighted by Crippen LogP contribution is -2.21. The number of carbonyl (C=O) groups is 1. The van der Waals surface area contributed by atoms with Crippen molar-refractivity contribution in [1.29, 1.82) is 0 Å². The van der Waals surface area contributed by atoms with Crippen LogP contribution < -0.4 is 10.1 Å². The molecule has 2 atom stereocenters. The summed E-state index contributed by atoms with van der Waals surface area (Å²) in [6.45, 7) is 2.49. The number of carbonyl (C=O) groups excluding carboxylic acids is 1. The third kappa shape index (κ3) is 2.71. The first-order valence-corrected chi connectivity index (χ1v) is 7.28. The molecule has 0 aliphatic heterocycles. The van der Waals surface area contributed by atoms with Gasteiger partial charge in [0.25, 0.3) is 0 Å². The van der Waals surface area contributed by atoms with Gasteiger partial charge in [-0.05, 0) is 56.2 Å². The summed E-state index contributed by atoms with van der Waals surface area (Å²) in [5.74, 6) is 2.62. The van der Waals surface area contributed by atoms with Gasteiger partial charge in [-0.1, -0.05) is 11.6 Å². The van der Waals surface area contributed by atoms with Crippen molar-refractivity contribution < 1.29 is 9.53 Å². The Bertz CT molecular complexity index is 493. The molecule has 3 rings (SSSR count). The van der Waals surface area contributed by atoms with Crippen molar-refractivity contribution in [3.05, 3.63) is 23.2 Å². The Morgan fingerprint density at radius 1 is 1.37 bits per heavy atom. The lowest BCUT2D eigenvalue weighted by atomic mass is 10.0. The van der Waals surface area contributed by atoms with Crippen molar-refractivity contribution in [3.8, 4) is 5.75 Å². The van der Waals surface area contributed by atoms with Gasteiger partial charge in [-0.3, -0.25) is 4.79 Å². The number of fused-ring (bicyclic) bond motifs is 1. The molecule has 1 N–H and O–H groups in total. The molecule has 0 saturated heterocycles. The van der Waals surface area contributed by atoms with E-state index in [0.717, 1.165) is 30.4 Å². The Kier molecular flexibility index (Phi) is 3.40. The summed E-state index contributed by atoms with van der Waals surface area (Å²) in [5.41, 5.74) is 0.749. The fraction of sp³-hybridized carbons (Fsp3) is 0.533. The maximum Gasteiger partial charge on any atom is 0.227 e. The number of ether oxygens (including phenoxy) is 1. The topological polar surface area (TPSA) is 38.3 Å². The van der Waals surface area contributed by atoms with Crippen LogP contribution in [0, 0.1) is 17.8 Å². The molecule has 19 heavy (non-hydrogen) atoms. The molecule has 4 heteroatoms. The van der Waals surface area contributed by atoms with Crippen LogP contribution in [0.2, 0.25) is 5.02 Å². The molecule has 2 fully saturated rings. The van der Waals surface area contributed by atoms with E-state index in [4.69, 9.17) is 16.3 Å². The van der Waals surface area contributed by atoms with Gasteiger partial charge in [0.05, 0.1) is 11.6 Å². The van der Waals surface area contributed by atoms with Gasteiger partial charge >= 0.3 is 0 Å². The highest BCUT2D eigenvalue weighted by atomic mass is 35.5. The van der Waals surface area contributed by atoms with Gasteiger partial charge in [0.15, 0.2) is 0 Å². The summed E-state index contributed by atoms with van der Waals surface area (Å²) in [7, 11) is 0. The van der Waals surface area contributed by atoms with Crippen LogP contribution in [-0.4, -0.2) is 12.5 Å². The molecule has 1 aromatic rings. The van der Waals surface area contributed by atoms with Crippen molar-refractivity contribution in [2.75, 3.05) is 11.9 Å². The monoisotopic (exact) mass is 279 g/mol. The molecule has 2 saturated carbocycles. The van der Waals surface area contributed by atoms with Crippen LogP contribution in [0.4, 0.5) is 5.69 Å². The summed E-state index contributed by atoms with van der Waals surface area (Å²) in [6, 6.07) is 5.39. The molecular formula is C15H18ClNO2. The zero-order chi connectivity index (χ0) is 13.4. The Morgan fingerprint density at radius 3 is 2.74 bits per heavy atom. The zero-order valence-corrected chi connectivity index (χ0v) is 11.7. The van der Waals surface area contributed by atoms with Gasteiger partial charge in [0.2, 0.25) is 5.91 Å². The Hall–Kier alpha value is -1.22. The van der Waals surface area contributed by atoms with Crippen LogP contribution >= 0.6 is 11.6 Å². The first kappa shape index (κ1) is 12.8. The first-order chi connectivity index (χ1) is 9.17. The fourth-order valence-electron chi connectivity index (χ4n) is 3.02. The van der Waals surface area contributed by atoms with Gasteiger partial charge in [-0.15, -0.1) is 0 Å². The number of halogens is 1. The van der Waals surface area contributed by atoms with Crippen LogP contribution in [0.5, 0.6) is 5.75 Å². The molecule has 2 unspecified atom stereocenters. The summed E-state index contributed by atoms with van der Waals surface area (Å²) in [5, 5.41) is 3.49. The van der Waals surface area contributed by atoms with Gasteiger partial charge in [-0.25, -0.2) is 0 Å². The van der Waals surface area contributed by atoms with E-state index in [9.17, 15) is 4.79 Å². The average Bonchev–Trinajstić information content (AvgIpc) is 2.99. The van der Waals surface area contributed by atoms with E-state index >= 15 is 0 Å². The van der Waals surface area contributed by atoms with E-state index in [2.05, 4.69) is 5.32 Å². The number of hydrogen-bond acceptors (Lipinski definition) is 2. The smallest absolute Gasteiger partial charge is 0.227 e. The average molecular weight is 280 g/mol. The maximum atomic E-state index is 12.1. The number of benzene rings is 1. The Balaban J connectivity index is 1.62. The van der Waals surface area contributed by atoms with Crippen LogP contribution in [0.3, 0.4) is 0 Å². The van der Waals surface area contributed by atoms with E-state index in [0.29, 0.717) is 17.4 Å². The predicted molar refractivity (Wildman–Crippen MR) is 75.6 cm³/mol. The molecule has 0 heterocycles. The largest absolute Gasteiger partial charge is 0.492 e. The van der Waals surface area contributed by atoms with E-state index in [1.54, 1.807) is 12.1 Å². The number of anilines is 1. The lowest BCUT2D eigenvalue weighted by Gasteiger charge is -2.13. The molecule has 2 aliphatic rings. The molecule has 3 nitrogen and oxygen atoms in total. The van der Waals surface area contributed by atoms with Crippen LogP contribution in [0.25, 0.3) is 0 Å². The van der Waals surface area contributed by atoms with Crippen molar-refractivity contribution in [3.63, 3.8) is 0 Å². The molecule has 0 bridgehead atoms. The van der Waals surface area contributed by atoms with Crippen molar-refractivity contribution in [1.82, 2.24) is 0 Å². The standard InChI is InChI=1S/C15H18ClNO2/c1-2-19-14-4-3-12(8-13(14)16)17-15(18)11-6-9-5-10(9)7-11/h3-4,8-11H,2,5-7H2,1H3,(H,17,18). The second-order valence-electron chi connectivity index (χ2n) is 5.49. The molecule has 102 valence electrons. The number of hydrogen-bond donors (Lipinski definition) is 1. The van der Waals surface area contributed by atoms with E-state index < -0.39 is 0 Å². The van der Waals surface area contributed by atoms with Crippen molar-refractivity contribution >= 4 is 23.2 Å². The van der Waals surface area contributed by atoms with Crippen LogP contribution in [0.1, 0.15) is 26.2 Å². The van der Waals surface area contributed by atoms with Gasteiger partial charge < -0.3 is 10.1 Å². The van der Waals surface area contributed by atoms with Crippen LogP contribution in [0.15, 0.2) is 18.2 Å². The summed E-state index contributed by atoms with van der Waals surface area (Å²) < 4.78 is 5.37. The van der Waals surface area contributed by atoms with Gasteiger partial charge in [-0.2, -0.15) is 0 Å². The minimum absolute atomic E-state index is 0.132. The third-order valence-electron chi connectivity index (χ3n) is 4.11. The second kappa shape index (κ2) is 5.04. The summed E-state index contributed by atoms with van der Waals surface area (Å²) >= 11 is 6.11. The van der Waals surface area contributed by atoms with E-state index in [1.165, 1.54) is 6.42 Å². The lowest BCUT2D eigenvalue weighted by molar-refractivity contribution is -0.120. The molecule has 0 radical (unpaired) electrons. The van der Waals surface area contributed by atoms with E-state index in [-0.39, 0.29) is 11.8 Å². The predicted octanol–water partition coefficient (Wildman–Crippen LogP) is 3.72. The summed E-state index contributed by atoms with van der Waals surface area (Å²) in [6.07, 6.45) is 3.45. The van der Waals surface area contributed by atoms with Crippen molar-refractivity contribution in [2.45, 2.75) is 26.2 Å². The molecule has 1 aromatic carbocycles. The Labute approximate surface area is 118 Å². The highest BCUT2D eigenvalue weighted by Crippen LogP contribution is 2.54. The number of nitrogens with one attached hydrogen (secondary N) is 1. The SMILES string of the molecule is CCOc1ccc(NC(=O)C2CC3CC3C2)cc1Cl. The minimum Gasteiger partial charge on any atom is -0.492 e. The normalized spacial score (nSPS) is 27.8. The molecule has 2 aliphatic carbocycles. The molecule has 0 spiro atoms. The van der Waals surface area contributed by atoms with Gasteiger partial charge in [0, 0.05) is 11.6 Å². The van der Waals surface area contributed by atoms with Gasteiger partial charge in [0.1, 0.15) is 5.75 Å². The highest BCUT2D eigenvalue weighted by molar-refractivity contribution is 6.32. The minimum atomic E-state index is 0.132. The third-order valence-corrected chi connectivity index (χ3v) is 4.41. The second-order valence-corrected chi connectivity index (χ2v) is 5.90. The van der Waals surface area contributed by atoms with E-state index in [1.807, 2.05) is 13.0 Å². The maximum absolute atomic E-state index is 12.1. The highest BCUT2D eigenvalue weighted by Gasteiger charge is 2.47. The van der Waals surface area contributed by atoms with Crippen molar-refractivity contribution in [2.24, 2.45) is 17.8 Å². The Morgan fingerprint density at radius 2 is 2.11 bits per heavy atom. The molecule has 0 aromatic heterocycles. The zero-order valence-electron chi connectivity index (χ0n) is 11.0. The first-order valence-electron chi connectivity index (χ1n) is 6.90. The number of amides is 1. The van der Waals surface area contributed by atoms with Crippen LogP contribution in [-0.2, 0) is 4.79 Å². The fourth-order valence-corrected chi connectivity index (χ4v) is 3.26.